The lowest BCUT2D eigenvalue weighted by atomic mass is 9.64. The molecule has 3 aliphatic rings. The number of fused-ring (bicyclic) bond motifs is 8. The van der Waals surface area contributed by atoms with Gasteiger partial charge in [-0.1, -0.05) is 102 Å². The molecule has 0 radical (unpaired) electrons. The number of benzene rings is 4. The molecule has 1 spiro atoms. The number of pyridine rings is 1. The van der Waals surface area contributed by atoms with E-state index in [-0.39, 0.29) is 0 Å². The van der Waals surface area contributed by atoms with Crippen LogP contribution in [0.25, 0.3) is 16.8 Å². The van der Waals surface area contributed by atoms with Crippen LogP contribution in [0.1, 0.15) is 27.8 Å². The predicted molar refractivity (Wildman–Crippen MR) is 161 cm³/mol. The highest BCUT2D eigenvalue weighted by Gasteiger charge is 2.48. The summed E-state index contributed by atoms with van der Waals surface area (Å²) in [6, 6.07) is 36.1. The molecule has 2 nitrogen and oxygen atoms in total. The van der Waals surface area contributed by atoms with E-state index >= 15 is 0 Å². The molecule has 0 aliphatic carbocycles. The Balaban J connectivity index is 1.45. The molecule has 0 fully saturated rings. The van der Waals surface area contributed by atoms with Crippen molar-refractivity contribution in [2.45, 2.75) is 25.0 Å². The third-order valence-electron chi connectivity index (χ3n) is 7.91. The first-order valence-electron chi connectivity index (χ1n) is 13.2. The average molecular weight is 537 g/mol. The highest BCUT2D eigenvalue weighted by atomic mass is 32.2. The molecule has 1 N–H and O–H groups in total. The van der Waals surface area contributed by atoms with E-state index in [9.17, 15) is 0 Å². The zero-order valence-corrected chi connectivity index (χ0v) is 22.7. The van der Waals surface area contributed by atoms with Gasteiger partial charge in [0.2, 0.25) is 0 Å². The largest absolute Gasteiger partial charge is 0.381 e. The van der Waals surface area contributed by atoms with Crippen LogP contribution < -0.4 is 5.32 Å². The minimum Gasteiger partial charge on any atom is -0.381 e. The second-order valence-electron chi connectivity index (χ2n) is 10.00. The average Bonchev–Trinajstić information content (AvgIpc) is 3.01. The van der Waals surface area contributed by atoms with Crippen LogP contribution in [-0.4, -0.2) is 11.5 Å². The maximum atomic E-state index is 4.39. The van der Waals surface area contributed by atoms with Crippen LogP contribution in [0.5, 0.6) is 0 Å². The van der Waals surface area contributed by atoms with Crippen LogP contribution in [0.4, 0.5) is 0 Å². The normalized spacial score (nSPS) is 15.8. The van der Waals surface area contributed by atoms with Crippen molar-refractivity contribution in [2.24, 2.45) is 0 Å². The number of nitrogens with one attached hydrogen (secondary N) is 1. The second kappa shape index (κ2) is 9.04. The Hall–Kier alpha value is -3.99. The van der Waals surface area contributed by atoms with Crippen LogP contribution in [0.15, 0.2) is 147 Å². The van der Waals surface area contributed by atoms with Gasteiger partial charge in [-0.25, -0.2) is 0 Å². The quantitative estimate of drug-likeness (QED) is 0.239. The molecular weight excluding hydrogens is 513 g/mol. The van der Waals surface area contributed by atoms with Crippen LogP contribution in [0.2, 0.25) is 0 Å². The standard InChI is InChI=1S/C35H24N2S2/c1-3-12-31-26(9-1)35(27-10-2-4-13-32(27)38-31)28-16-14-23(25-8-7-18-36-22-25)20-33(28)39-34-21-24(15-17-29(34)35)30-11-5-6-19-37-30/h1-18,20-22,37H,19H2. The third-order valence-corrected chi connectivity index (χ3v) is 10.2. The smallest absolute Gasteiger partial charge is 0.0745 e. The number of nitrogens with zero attached hydrogens (tertiary/aromatic N) is 1. The zero-order valence-electron chi connectivity index (χ0n) is 21.1. The van der Waals surface area contributed by atoms with Crippen molar-refractivity contribution in [2.75, 3.05) is 6.54 Å². The number of rotatable bonds is 2. The molecule has 3 aliphatic heterocycles. The molecular formula is C35H24N2S2. The van der Waals surface area contributed by atoms with Crippen molar-refractivity contribution in [1.29, 1.82) is 0 Å². The molecule has 4 heteroatoms. The minimum absolute atomic E-state index is 0.394. The van der Waals surface area contributed by atoms with E-state index in [1.807, 2.05) is 42.0 Å². The Labute approximate surface area is 236 Å². The highest BCUT2D eigenvalue weighted by molar-refractivity contribution is 8.00. The Bertz CT molecular complexity index is 1770. The fraction of sp³-hybridized carbons (Fsp3) is 0.0571. The highest BCUT2D eigenvalue weighted by Crippen LogP contribution is 2.61. The SMILES string of the molecule is C1=CCNC(c2ccc3c(c2)Sc2cc(-c4cccnc4)ccc2C32c3ccccc3Sc3ccccc32)=C1. The lowest BCUT2D eigenvalue weighted by molar-refractivity contribution is 0.667. The van der Waals surface area contributed by atoms with E-state index in [0.717, 1.165) is 12.1 Å². The maximum Gasteiger partial charge on any atom is 0.0745 e. The van der Waals surface area contributed by atoms with Crippen molar-refractivity contribution < 1.29 is 0 Å². The van der Waals surface area contributed by atoms with Crippen LogP contribution in [0.3, 0.4) is 0 Å². The van der Waals surface area contributed by atoms with E-state index in [1.54, 1.807) is 0 Å². The van der Waals surface area contributed by atoms with E-state index < -0.39 is 5.41 Å². The number of hydrogen-bond donors (Lipinski definition) is 1. The Morgan fingerprint density at radius 1 is 0.615 bits per heavy atom. The molecule has 4 aromatic carbocycles. The van der Waals surface area contributed by atoms with Gasteiger partial charge in [0.15, 0.2) is 0 Å². The predicted octanol–water partition coefficient (Wildman–Crippen LogP) is 8.56. The molecule has 0 amide bonds. The molecule has 5 aromatic rings. The number of dihydropyridines is 1. The maximum absolute atomic E-state index is 4.39. The van der Waals surface area contributed by atoms with Gasteiger partial charge in [-0.15, -0.1) is 0 Å². The van der Waals surface area contributed by atoms with Gasteiger partial charge < -0.3 is 5.32 Å². The molecule has 39 heavy (non-hydrogen) atoms. The summed E-state index contributed by atoms with van der Waals surface area (Å²) < 4.78 is 0. The number of allylic oxidation sites excluding steroid dienone is 2. The first-order chi connectivity index (χ1) is 19.3. The van der Waals surface area contributed by atoms with E-state index in [1.165, 1.54) is 58.7 Å². The van der Waals surface area contributed by atoms with Gasteiger partial charge in [-0.05, 0) is 69.8 Å². The van der Waals surface area contributed by atoms with E-state index in [4.69, 9.17) is 0 Å². The molecule has 0 saturated heterocycles. The van der Waals surface area contributed by atoms with Gasteiger partial charge in [0.05, 0.1) is 5.41 Å². The molecule has 8 rings (SSSR count). The number of hydrogen-bond acceptors (Lipinski definition) is 4. The van der Waals surface area contributed by atoms with Crippen LogP contribution >= 0.6 is 23.5 Å². The number of aromatic nitrogens is 1. The summed E-state index contributed by atoms with van der Waals surface area (Å²) >= 11 is 3.77. The summed E-state index contributed by atoms with van der Waals surface area (Å²) in [5.41, 5.74) is 9.74. The minimum atomic E-state index is -0.394. The first-order valence-corrected chi connectivity index (χ1v) is 14.8. The van der Waals surface area contributed by atoms with Gasteiger partial charge >= 0.3 is 0 Å². The second-order valence-corrected chi connectivity index (χ2v) is 12.2. The van der Waals surface area contributed by atoms with Crippen molar-refractivity contribution >= 4 is 29.2 Å². The summed E-state index contributed by atoms with van der Waals surface area (Å²) in [5, 5.41) is 3.55. The van der Waals surface area contributed by atoms with Crippen LogP contribution in [-0.2, 0) is 5.41 Å². The summed E-state index contributed by atoms with van der Waals surface area (Å²) in [6.07, 6.45) is 10.2. The van der Waals surface area contributed by atoms with Gasteiger partial charge in [0, 0.05) is 49.8 Å². The van der Waals surface area contributed by atoms with Gasteiger partial charge in [0.1, 0.15) is 0 Å². The van der Waals surface area contributed by atoms with Gasteiger partial charge in [0.25, 0.3) is 0 Å². The van der Waals surface area contributed by atoms with Gasteiger partial charge in [-0.2, -0.15) is 0 Å². The molecule has 4 heterocycles. The Kier molecular flexibility index (Phi) is 5.32. The van der Waals surface area contributed by atoms with Crippen molar-refractivity contribution in [3.8, 4) is 11.1 Å². The molecule has 0 unspecified atom stereocenters. The summed E-state index contributed by atoms with van der Waals surface area (Å²) in [7, 11) is 0. The molecule has 186 valence electrons. The zero-order chi connectivity index (χ0) is 25.8. The fourth-order valence-electron chi connectivity index (χ4n) is 6.21. The van der Waals surface area contributed by atoms with Crippen molar-refractivity contribution in [3.63, 3.8) is 0 Å². The lowest BCUT2D eigenvalue weighted by Gasteiger charge is -2.45. The summed E-state index contributed by atoms with van der Waals surface area (Å²) in [6.45, 7) is 0.856. The summed E-state index contributed by atoms with van der Waals surface area (Å²) in [5.74, 6) is 0. The Morgan fingerprint density at radius 3 is 1.92 bits per heavy atom. The van der Waals surface area contributed by atoms with Crippen LogP contribution in [0, 0.1) is 0 Å². The molecule has 0 saturated carbocycles. The van der Waals surface area contributed by atoms with E-state index in [2.05, 4.69) is 120 Å². The fourth-order valence-corrected chi connectivity index (χ4v) is 8.67. The molecule has 0 bridgehead atoms. The molecule has 1 aromatic heterocycles. The lowest BCUT2D eigenvalue weighted by Crippen LogP contribution is -2.36. The first kappa shape index (κ1) is 22.9. The Morgan fingerprint density at radius 2 is 1.26 bits per heavy atom. The van der Waals surface area contributed by atoms with Crippen molar-refractivity contribution in [3.05, 3.63) is 156 Å². The third kappa shape index (κ3) is 3.48. The summed E-state index contributed by atoms with van der Waals surface area (Å²) in [4.78, 5) is 9.63. The monoisotopic (exact) mass is 536 g/mol. The molecule has 0 atom stereocenters. The topological polar surface area (TPSA) is 24.9 Å². The van der Waals surface area contributed by atoms with Crippen molar-refractivity contribution in [1.82, 2.24) is 10.3 Å². The van der Waals surface area contributed by atoms with E-state index in [0.29, 0.717) is 0 Å². The van der Waals surface area contributed by atoms with Gasteiger partial charge in [-0.3, -0.25) is 4.98 Å².